The topological polar surface area (TPSA) is 58.6 Å². The van der Waals surface area contributed by atoms with E-state index >= 15 is 0 Å². The van der Waals surface area contributed by atoms with Crippen molar-refractivity contribution >= 4 is 5.91 Å². The van der Waals surface area contributed by atoms with Crippen LogP contribution in [0, 0.1) is 5.92 Å². The van der Waals surface area contributed by atoms with Gasteiger partial charge in [-0.15, -0.1) is 0 Å². The standard InChI is InChI=1S/C21H25NO3/c1-21(2,24)17-10-12-18(13-11-17)25-14-19(23)22-20(16-8-9-16)15-6-4-3-5-7-15/h3-7,10-13,16,20,24H,8-9,14H2,1-2H3,(H,22,23). The van der Waals surface area contributed by atoms with Crippen LogP contribution in [-0.2, 0) is 10.4 Å². The van der Waals surface area contributed by atoms with Crippen LogP contribution in [-0.4, -0.2) is 17.6 Å². The average Bonchev–Trinajstić information content (AvgIpc) is 3.43. The van der Waals surface area contributed by atoms with Crippen molar-refractivity contribution < 1.29 is 14.6 Å². The molecule has 2 aromatic rings. The molecule has 1 amide bonds. The van der Waals surface area contributed by atoms with Gasteiger partial charge in [0, 0.05) is 0 Å². The van der Waals surface area contributed by atoms with Gasteiger partial charge in [-0.2, -0.15) is 0 Å². The highest BCUT2D eigenvalue weighted by molar-refractivity contribution is 5.78. The van der Waals surface area contributed by atoms with Crippen molar-refractivity contribution in [1.29, 1.82) is 0 Å². The zero-order valence-corrected chi connectivity index (χ0v) is 14.7. The minimum atomic E-state index is -0.886. The maximum atomic E-state index is 12.3. The molecule has 25 heavy (non-hydrogen) atoms. The number of amides is 1. The summed E-state index contributed by atoms with van der Waals surface area (Å²) >= 11 is 0. The number of nitrogens with one attached hydrogen (secondary N) is 1. The molecule has 4 heteroatoms. The third kappa shape index (κ3) is 4.83. The third-order valence-electron chi connectivity index (χ3n) is 4.50. The largest absolute Gasteiger partial charge is 0.484 e. The van der Waals surface area contributed by atoms with Gasteiger partial charge >= 0.3 is 0 Å². The Morgan fingerprint density at radius 1 is 1.16 bits per heavy atom. The van der Waals surface area contributed by atoms with Gasteiger partial charge in [0.1, 0.15) is 5.75 Å². The summed E-state index contributed by atoms with van der Waals surface area (Å²) in [4.78, 5) is 12.3. The van der Waals surface area contributed by atoms with Crippen molar-refractivity contribution in [3.05, 3.63) is 65.7 Å². The fourth-order valence-corrected chi connectivity index (χ4v) is 2.89. The Hall–Kier alpha value is -2.33. The normalized spacial score (nSPS) is 15.5. The molecule has 0 aromatic heterocycles. The molecule has 1 unspecified atom stereocenters. The van der Waals surface area contributed by atoms with Crippen LogP contribution < -0.4 is 10.1 Å². The Balaban J connectivity index is 1.55. The van der Waals surface area contributed by atoms with Crippen molar-refractivity contribution in [2.75, 3.05) is 6.61 Å². The highest BCUT2D eigenvalue weighted by atomic mass is 16.5. The summed E-state index contributed by atoms with van der Waals surface area (Å²) in [5, 5.41) is 13.1. The van der Waals surface area contributed by atoms with Crippen LogP contribution in [0.2, 0.25) is 0 Å². The molecule has 1 atom stereocenters. The van der Waals surface area contributed by atoms with Gasteiger partial charge in [0.15, 0.2) is 6.61 Å². The predicted octanol–water partition coefficient (Wildman–Crippen LogP) is 3.56. The van der Waals surface area contributed by atoms with Crippen molar-refractivity contribution in [2.24, 2.45) is 5.92 Å². The minimum absolute atomic E-state index is 0.0160. The SMILES string of the molecule is CC(C)(O)c1ccc(OCC(=O)NC(c2ccccc2)C2CC2)cc1. The van der Waals surface area contributed by atoms with Crippen LogP contribution >= 0.6 is 0 Å². The number of carbonyl (C=O) groups is 1. The lowest BCUT2D eigenvalue weighted by Crippen LogP contribution is -2.33. The Labute approximate surface area is 148 Å². The molecule has 1 aliphatic rings. The second-order valence-electron chi connectivity index (χ2n) is 7.17. The summed E-state index contributed by atoms with van der Waals surface area (Å²) < 4.78 is 5.58. The summed E-state index contributed by atoms with van der Waals surface area (Å²) in [6.45, 7) is 3.45. The van der Waals surface area contributed by atoms with Crippen molar-refractivity contribution in [2.45, 2.75) is 38.3 Å². The van der Waals surface area contributed by atoms with Crippen LogP contribution in [0.15, 0.2) is 54.6 Å². The molecule has 132 valence electrons. The summed E-state index contributed by atoms with van der Waals surface area (Å²) in [6.07, 6.45) is 2.30. The summed E-state index contributed by atoms with van der Waals surface area (Å²) in [6, 6.07) is 17.3. The number of benzene rings is 2. The lowest BCUT2D eigenvalue weighted by molar-refractivity contribution is -0.124. The fraction of sp³-hybridized carbons (Fsp3) is 0.381. The molecule has 2 N–H and O–H groups in total. The van der Waals surface area contributed by atoms with Gasteiger partial charge in [-0.25, -0.2) is 0 Å². The molecule has 1 aliphatic carbocycles. The molecule has 0 bridgehead atoms. The van der Waals surface area contributed by atoms with Crippen LogP contribution in [0.1, 0.15) is 43.9 Å². The van der Waals surface area contributed by atoms with E-state index in [1.54, 1.807) is 26.0 Å². The van der Waals surface area contributed by atoms with Gasteiger partial charge in [-0.3, -0.25) is 4.79 Å². The first-order chi connectivity index (χ1) is 11.9. The molecule has 1 fully saturated rings. The lowest BCUT2D eigenvalue weighted by atomic mass is 9.99. The fourth-order valence-electron chi connectivity index (χ4n) is 2.89. The van der Waals surface area contributed by atoms with Gasteiger partial charge in [0.25, 0.3) is 5.91 Å². The van der Waals surface area contributed by atoms with Gasteiger partial charge in [-0.1, -0.05) is 42.5 Å². The maximum Gasteiger partial charge on any atom is 0.258 e. The van der Waals surface area contributed by atoms with E-state index < -0.39 is 5.60 Å². The molecule has 3 rings (SSSR count). The highest BCUT2D eigenvalue weighted by Crippen LogP contribution is 2.40. The van der Waals surface area contributed by atoms with Crippen molar-refractivity contribution in [1.82, 2.24) is 5.32 Å². The Morgan fingerprint density at radius 2 is 1.80 bits per heavy atom. The number of carbonyl (C=O) groups excluding carboxylic acids is 1. The van der Waals surface area contributed by atoms with E-state index in [0.717, 1.165) is 24.0 Å². The lowest BCUT2D eigenvalue weighted by Gasteiger charge is -2.19. The molecule has 1 saturated carbocycles. The van der Waals surface area contributed by atoms with Gasteiger partial charge in [-0.05, 0) is 55.9 Å². The minimum Gasteiger partial charge on any atom is -0.484 e. The summed E-state index contributed by atoms with van der Waals surface area (Å²) in [7, 11) is 0. The van der Waals surface area contributed by atoms with Gasteiger partial charge in [0.2, 0.25) is 0 Å². The second kappa shape index (κ2) is 7.28. The molecule has 0 spiro atoms. The first-order valence-corrected chi connectivity index (χ1v) is 8.73. The van der Waals surface area contributed by atoms with E-state index in [2.05, 4.69) is 17.4 Å². The second-order valence-corrected chi connectivity index (χ2v) is 7.17. The van der Waals surface area contributed by atoms with Crippen molar-refractivity contribution in [3.8, 4) is 5.75 Å². The zero-order valence-electron chi connectivity index (χ0n) is 14.7. The molecule has 0 radical (unpaired) electrons. The number of hydrogen-bond acceptors (Lipinski definition) is 3. The predicted molar refractivity (Wildman–Crippen MR) is 97.2 cm³/mol. The monoisotopic (exact) mass is 339 g/mol. The number of ether oxygens (including phenoxy) is 1. The first kappa shape index (κ1) is 17.5. The maximum absolute atomic E-state index is 12.3. The zero-order chi connectivity index (χ0) is 17.9. The van der Waals surface area contributed by atoms with Gasteiger partial charge in [0.05, 0.1) is 11.6 Å². The molecule has 4 nitrogen and oxygen atoms in total. The third-order valence-corrected chi connectivity index (χ3v) is 4.50. The van der Waals surface area contributed by atoms with Crippen LogP contribution in [0.3, 0.4) is 0 Å². The summed E-state index contributed by atoms with van der Waals surface area (Å²) in [5.41, 5.74) is 1.07. The average molecular weight is 339 g/mol. The molecular formula is C21H25NO3. The quantitative estimate of drug-likeness (QED) is 0.811. The molecule has 0 saturated heterocycles. The number of aliphatic hydroxyl groups is 1. The number of hydrogen-bond donors (Lipinski definition) is 2. The summed E-state index contributed by atoms with van der Waals surface area (Å²) in [5.74, 6) is 1.02. The molecule has 2 aromatic carbocycles. The number of rotatable bonds is 7. The highest BCUT2D eigenvalue weighted by Gasteiger charge is 2.33. The van der Waals surface area contributed by atoms with E-state index in [0.29, 0.717) is 11.7 Å². The van der Waals surface area contributed by atoms with E-state index in [9.17, 15) is 9.90 Å². The van der Waals surface area contributed by atoms with E-state index in [1.807, 2.05) is 30.3 Å². The molecule has 0 aliphatic heterocycles. The Bertz CT molecular complexity index is 700. The molecular weight excluding hydrogens is 314 g/mol. The van der Waals surface area contributed by atoms with Crippen molar-refractivity contribution in [3.63, 3.8) is 0 Å². The van der Waals surface area contributed by atoms with Crippen LogP contribution in [0.25, 0.3) is 0 Å². The van der Waals surface area contributed by atoms with E-state index in [1.165, 1.54) is 0 Å². The Morgan fingerprint density at radius 3 is 2.36 bits per heavy atom. The van der Waals surface area contributed by atoms with Crippen LogP contribution in [0.5, 0.6) is 5.75 Å². The van der Waals surface area contributed by atoms with E-state index in [4.69, 9.17) is 4.74 Å². The smallest absolute Gasteiger partial charge is 0.258 e. The Kier molecular flexibility index (Phi) is 5.09. The first-order valence-electron chi connectivity index (χ1n) is 8.73. The van der Waals surface area contributed by atoms with E-state index in [-0.39, 0.29) is 18.6 Å². The molecule has 0 heterocycles. The van der Waals surface area contributed by atoms with Gasteiger partial charge < -0.3 is 15.2 Å². The van der Waals surface area contributed by atoms with Crippen LogP contribution in [0.4, 0.5) is 0 Å².